The van der Waals surface area contributed by atoms with Gasteiger partial charge in [0.1, 0.15) is 16.7 Å². The highest BCUT2D eigenvalue weighted by molar-refractivity contribution is 7.89. The number of nitrogens with two attached hydrogens (primary N) is 2. The van der Waals surface area contributed by atoms with Crippen molar-refractivity contribution in [2.75, 3.05) is 0 Å². The van der Waals surface area contributed by atoms with Crippen molar-refractivity contribution in [2.45, 2.75) is 17.0 Å². The van der Waals surface area contributed by atoms with Gasteiger partial charge < -0.3 is 5.73 Å². The van der Waals surface area contributed by atoms with Gasteiger partial charge in [-0.05, 0) is 29.3 Å². The third kappa shape index (κ3) is 4.45. The van der Waals surface area contributed by atoms with Crippen LogP contribution in [0.1, 0.15) is 28.2 Å². The lowest BCUT2D eigenvalue weighted by Gasteiger charge is -2.19. The largest absolute Gasteiger partial charge is 0.419 e. The summed E-state index contributed by atoms with van der Waals surface area (Å²) in [6.45, 7) is 0. The number of hydrogen-bond acceptors (Lipinski definition) is 5. The molecule has 3 aromatic rings. The first-order chi connectivity index (χ1) is 14.8. The van der Waals surface area contributed by atoms with Crippen molar-refractivity contribution in [3.63, 3.8) is 0 Å². The average Bonchev–Trinajstić information content (AvgIpc) is 3.18. The Labute approximate surface area is 184 Å². The van der Waals surface area contributed by atoms with Gasteiger partial charge in [0.15, 0.2) is 0 Å². The molecule has 0 radical (unpaired) electrons. The zero-order valence-electron chi connectivity index (χ0n) is 15.8. The maximum Gasteiger partial charge on any atom is 0.419 e. The maximum atomic E-state index is 13.0. The number of primary sulfonamides is 1. The van der Waals surface area contributed by atoms with Gasteiger partial charge in [-0.15, -0.1) is 0 Å². The third-order valence-corrected chi connectivity index (χ3v) is 5.77. The molecule has 166 valence electrons. The van der Waals surface area contributed by atoms with Crippen molar-refractivity contribution in [1.29, 1.82) is 5.26 Å². The number of aromatic nitrogens is 2. The smallest absolute Gasteiger partial charge is 0.369 e. The Bertz CT molecular complexity index is 1360. The lowest BCUT2D eigenvalue weighted by Crippen LogP contribution is -2.24. The molecule has 0 bridgehead atoms. The summed E-state index contributed by atoms with van der Waals surface area (Å²) in [5.41, 5.74) is 3.63. The zero-order valence-corrected chi connectivity index (χ0v) is 17.4. The van der Waals surface area contributed by atoms with Crippen LogP contribution in [0.5, 0.6) is 0 Å². The van der Waals surface area contributed by atoms with Crippen LogP contribution in [-0.2, 0) is 21.0 Å². The molecule has 0 fully saturated rings. The van der Waals surface area contributed by atoms with Crippen LogP contribution in [0.15, 0.2) is 53.7 Å². The molecule has 1 unspecified atom stereocenters. The molecule has 13 heteroatoms. The molecule has 4 N–H and O–H groups in total. The first-order valence-corrected chi connectivity index (χ1v) is 10.5. The molecule has 2 aromatic carbocycles. The maximum absolute atomic E-state index is 13.0. The van der Waals surface area contributed by atoms with Crippen LogP contribution < -0.4 is 10.9 Å². The monoisotopic (exact) mass is 483 g/mol. The normalized spacial score (nSPS) is 12.9. The summed E-state index contributed by atoms with van der Waals surface area (Å²) in [5, 5.41) is 18.6. The number of nitrogens with zero attached hydrogens (tertiary/aromatic N) is 3. The van der Waals surface area contributed by atoms with Gasteiger partial charge >= 0.3 is 6.18 Å². The summed E-state index contributed by atoms with van der Waals surface area (Å²) in [6.07, 6.45) is -3.77. The Kier molecular flexibility index (Phi) is 6.01. The number of sulfonamides is 1. The van der Waals surface area contributed by atoms with Gasteiger partial charge in [-0.3, -0.25) is 4.79 Å². The molecule has 1 heterocycles. The summed E-state index contributed by atoms with van der Waals surface area (Å²) < 4.78 is 64.2. The van der Waals surface area contributed by atoms with Crippen LogP contribution in [0.3, 0.4) is 0 Å². The predicted molar refractivity (Wildman–Crippen MR) is 107 cm³/mol. The number of nitriles is 1. The number of primary amides is 1. The molecule has 3 rings (SSSR count). The molecule has 0 aliphatic heterocycles. The van der Waals surface area contributed by atoms with E-state index >= 15 is 0 Å². The van der Waals surface area contributed by atoms with E-state index in [0.29, 0.717) is 17.1 Å². The quantitative estimate of drug-likeness (QED) is 0.573. The molecular formula is C19H13ClF3N5O3S. The molecular weight excluding hydrogens is 471 g/mol. The fraction of sp³-hybridized carbons (Fsp3) is 0.105. The van der Waals surface area contributed by atoms with Crippen LogP contribution in [0, 0.1) is 11.3 Å². The Morgan fingerprint density at radius 3 is 2.41 bits per heavy atom. The summed E-state index contributed by atoms with van der Waals surface area (Å²) in [4.78, 5) is 11.5. The van der Waals surface area contributed by atoms with Crippen molar-refractivity contribution >= 4 is 27.5 Å². The number of benzene rings is 2. The number of carbonyl (C=O) groups excluding carboxylic acids is 1. The van der Waals surface area contributed by atoms with Gasteiger partial charge in [0.2, 0.25) is 15.9 Å². The van der Waals surface area contributed by atoms with Crippen molar-refractivity contribution in [3.8, 4) is 11.8 Å². The fourth-order valence-corrected chi connectivity index (χ4v) is 4.15. The highest BCUT2D eigenvalue weighted by Crippen LogP contribution is 2.35. The number of carbonyl (C=O) groups is 1. The number of halogens is 4. The van der Waals surface area contributed by atoms with Gasteiger partial charge in [0.25, 0.3) is 0 Å². The highest BCUT2D eigenvalue weighted by atomic mass is 35.5. The molecule has 0 aliphatic rings. The van der Waals surface area contributed by atoms with E-state index in [9.17, 15) is 31.6 Å². The highest BCUT2D eigenvalue weighted by Gasteiger charge is 2.34. The number of amides is 1. The third-order valence-electron chi connectivity index (χ3n) is 4.50. The topological polar surface area (TPSA) is 145 Å². The Morgan fingerprint density at radius 1 is 1.25 bits per heavy atom. The summed E-state index contributed by atoms with van der Waals surface area (Å²) in [5.74, 6) is -2.18. The second kappa shape index (κ2) is 8.27. The SMILES string of the molecule is N#Cc1cc(C(C(N)=O)c2ccccc2Cl)cc(S(N)(=O)=O)c1-n1cc(C(F)(F)F)cn1. The van der Waals surface area contributed by atoms with E-state index in [-0.39, 0.29) is 16.1 Å². The lowest BCUT2D eigenvalue weighted by molar-refractivity contribution is -0.137. The van der Waals surface area contributed by atoms with E-state index in [1.165, 1.54) is 12.1 Å². The summed E-state index contributed by atoms with van der Waals surface area (Å²) in [6, 6.07) is 9.92. The minimum atomic E-state index is -4.76. The first kappa shape index (κ1) is 23.3. The molecule has 0 saturated heterocycles. The minimum Gasteiger partial charge on any atom is -0.369 e. The molecule has 1 atom stereocenters. The lowest BCUT2D eigenvalue weighted by atomic mass is 9.89. The Morgan fingerprint density at radius 2 is 1.91 bits per heavy atom. The van der Waals surface area contributed by atoms with E-state index < -0.39 is 49.7 Å². The van der Waals surface area contributed by atoms with Crippen LogP contribution in [-0.4, -0.2) is 24.1 Å². The minimum absolute atomic E-state index is 0.0434. The van der Waals surface area contributed by atoms with Gasteiger partial charge in [-0.2, -0.15) is 23.5 Å². The Hall–Kier alpha value is -3.40. The van der Waals surface area contributed by atoms with Crippen molar-refractivity contribution in [3.05, 3.63) is 76.1 Å². The summed E-state index contributed by atoms with van der Waals surface area (Å²) in [7, 11) is -4.59. The van der Waals surface area contributed by atoms with Gasteiger partial charge in [-0.1, -0.05) is 29.8 Å². The second-order valence-electron chi connectivity index (χ2n) is 6.60. The molecule has 1 aromatic heterocycles. The van der Waals surface area contributed by atoms with Gasteiger partial charge in [0, 0.05) is 11.2 Å². The van der Waals surface area contributed by atoms with Gasteiger partial charge in [-0.25, -0.2) is 18.2 Å². The molecule has 1 amide bonds. The average molecular weight is 484 g/mol. The zero-order chi connectivity index (χ0) is 23.8. The van der Waals surface area contributed by atoms with E-state index in [0.717, 1.165) is 12.1 Å². The summed E-state index contributed by atoms with van der Waals surface area (Å²) >= 11 is 6.15. The van der Waals surface area contributed by atoms with Crippen molar-refractivity contribution in [2.24, 2.45) is 10.9 Å². The standard InChI is InChI=1S/C19H13ClF3N5O3S/c20-14-4-2-1-3-13(14)16(18(25)29)10-5-11(7-24)17(15(6-10)32(26,30)31)28-9-12(8-27-28)19(21,22)23/h1-6,8-9,16H,(H2,25,29)(H2,26,30,31). The van der Waals surface area contributed by atoms with E-state index in [4.69, 9.17) is 22.5 Å². The number of hydrogen-bond donors (Lipinski definition) is 2. The van der Waals surface area contributed by atoms with Crippen LogP contribution in [0.2, 0.25) is 5.02 Å². The van der Waals surface area contributed by atoms with E-state index in [1.807, 2.05) is 0 Å². The molecule has 0 aliphatic carbocycles. The number of rotatable bonds is 5. The molecule has 8 nitrogen and oxygen atoms in total. The number of alkyl halides is 3. The fourth-order valence-electron chi connectivity index (χ4n) is 3.13. The van der Waals surface area contributed by atoms with Crippen LogP contribution in [0.4, 0.5) is 13.2 Å². The van der Waals surface area contributed by atoms with Gasteiger partial charge in [0.05, 0.1) is 23.2 Å². The van der Waals surface area contributed by atoms with Crippen molar-refractivity contribution < 1.29 is 26.4 Å². The Balaban J connectivity index is 2.34. The first-order valence-electron chi connectivity index (χ1n) is 8.61. The van der Waals surface area contributed by atoms with Crippen LogP contribution >= 0.6 is 11.6 Å². The van der Waals surface area contributed by atoms with E-state index in [2.05, 4.69) is 5.10 Å². The molecule has 32 heavy (non-hydrogen) atoms. The molecule has 0 spiro atoms. The van der Waals surface area contributed by atoms with E-state index in [1.54, 1.807) is 18.2 Å². The molecule has 0 saturated carbocycles. The second-order valence-corrected chi connectivity index (χ2v) is 8.54. The van der Waals surface area contributed by atoms with Crippen LogP contribution in [0.25, 0.3) is 5.69 Å². The predicted octanol–water partition coefficient (Wildman–Crippen LogP) is 2.68. The van der Waals surface area contributed by atoms with Crippen molar-refractivity contribution in [1.82, 2.24) is 9.78 Å².